The van der Waals surface area contributed by atoms with E-state index < -0.39 is 22.9 Å². The zero-order chi connectivity index (χ0) is 11.6. The first-order valence-electron chi connectivity index (χ1n) is 3.65. The van der Waals surface area contributed by atoms with Crippen LogP contribution in [0, 0.1) is 10.1 Å². The Morgan fingerprint density at radius 1 is 1.67 bits per heavy atom. The molecule has 1 rings (SSSR count). The molecule has 1 aromatic rings. The molecule has 1 heterocycles. The number of hydrogen-bond donors (Lipinski definition) is 0. The summed E-state index contributed by atoms with van der Waals surface area (Å²) in [6.45, 7) is 0. The molecule has 0 atom stereocenters. The van der Waals surface area contributed by atoms with Gasteiger partial charge in [-0.05, 0) is 31.4 Å². The number of nitrogens with zero attached hydrogens (tertiary/aromatic N) is 2. The van der Waals surface area contributed by atoms with Crippen LogP contribution >= 0.6 is 27.5 Å². The fourth-order valence-corrected chi connectivity index (χ4v) is 1.81. The Bertz CT molecular complexity index is 403. The highest BCUT2D eigenvalue weighted by Gasteiger charge is 2.25. The van der Waals surface area contributed by atoms with E-state index in [2.05, 4.69) is 20.9 Å². The summed E-state index contributed by atoms with van der Waals surface area (Å²) in [5.41, 5.74) is -0.450. The van der Waals surface area contributed by atoms with Crippen LogP contribution in [-0.4, -0.2) is 9.91 Å². The second-order valence-corrected chi connectivity index (χ2v) is 3.59. The Morgan fingerprint density at radius 3 is 2.67 bits per heavy atom. The van der Waals surface area contributed by atoms with Crippen LogP contribution in [0.4, 0.5) is 14.6 Å². The van der Waals surface area contributed by atoms with Gasteiger partial charge in [-0.15, -0.1) is 11.6 Å². The summed E-state index contributed by atoms with van der Waals surface area (Å²) in [6, 6.07) is 1.06. The molecule has 82 valence electrons. The molecule has 0 spiro atoms. The van der Waals surface area contributed by atoms with Crippen LogP contribution in [0.1, 0.15) is 17.7 Å². The number of nitro groups is 1. The summed E-state index contributed by atoms with van der Waals surface area (Å²) in [5, 5.41) is 10.4. The number of rotatable bonds is 3. The number of halogens is 4. The minimum Gasteiger partial charge on any atom is -0.358 e. The van der Waals surface area contributed by atoms with Crippen LogP contribution in [0.15, 0.2) is 10.5 Å². The first-order chi connectivity index (χ1) is 6.97. The molecule has 1 aromatic heterocycles. The van der Waals surface area contributed by atoms with Gasteiger partial charge in [-0.25, -0.2) is 8.78 Å². The predicted octanol–water partition coefficient (Wildman–Crippen LogP) is 3.43. The number of aromatic nitrogens is 1. The molecule has 0 aliphatic carbocycles. The van der Waals surface area contributed by atoms with Crippen LogP contribution in [0.25, 0.3) is 0 Å². The third kappa shape index (κ3) is 2.60. The largest absolute Gasteiger partial charge is 0.364 e. The molecule has 0 N–H and O–H groups in total. The summed E-state index contributed by atoms with van der Waals surface area (Å²) in [5.74, 6) is -0.743. The number of hydrogen-bond acceptors (Lipinski definition) is 3. The molecule has 0 radical (unpaired) electrons. The average molecular weight is 301 g/mol. The van der Waals surface area contributed by atoms with Crippen molar-refractivity contribution in [3.63, 3.8) is 0 Å². The van der Waals surface area contributed by atoms with Crippen molar-refractivity contribution in [2.75, 3.05) is 0 Å². The lowest BCUT2D eigenvalue weighted by Gasteiger charge is -2.03. The lowest BCUT2D eigenvalue weighted by Crippen LogP contribution is -2.01. The monoisotopic (exact) mass is 300 g/mol. The van der Waals surface area contributed by atoms with Gasteiger partial charge in [-0.2, -0.15) is 0 Å². The number of alkyl halides is 3. The zero-order valence-electron chi connectivity index (χ0n) is 7.08. The third-order valence-electron chi connectivity index (χ3n) is 1.58. The predicted molar refractivity (Wildman–Crippen MR) is 53.1 cm³/mol. The molecule has 0 fully saturated rings. The number of pyridine rings is 1. The van der Waals surface area contributed by atoms with E-state index in [0.29, 0.717) is 0 Å². The molecule has 15 heavy (non-hydrogen) atoms. The molecule has 0 saturated heterocycles. The Kier molecular flexibility index (Phi) is 3.92. The maximum absolute atomic E-state index is 12.4. The molecule has 4 nitrogen and oxygen atoms in total. The summed E-state index contributed by atoms with van der Waals surface area (Å²) in [6.07, 6.45) is -2.89. The average Bonchev–Trinajstić information content (AvgIpc) is 2.17. The van der Waals surface area contributed by atoms with Crippen molar-refractivity contribution in [1.82, 2.24) is 4.98 Å². The standard InChI is InChI=1S/C7H4BrClF2N2O2/c8-5-3(2-9)1-4(13(14)15)12-6(5)7(10)11/h1,7H,2H2. The van der Waals surface area contributed by atoms with E-state index in [1.165, 1.54) is 0 Å². The van der Waals surface area contributed by atoms with Gasteiger partial charge in [0, 0.05) is 11.9 Å². The van der Waals surface area contributed by atoms with Gasteiger partial charge in [0.15, 0.2) is 0 Å². The van der Waals surface area contributed by atoms with Crippen LogP contribution in [-0.2, 0) is 5.88 Å². The van der Waals surface area contributed by atoms with Gasteiger partial charge in [0.1, 0.15) is 0 Å². The van der Waals surface area contributed by atoms with Crippen LogP contribution in [0.5, 0.6) is 0 Å². The maximum atomic E-state index is 12.4. The lowest BCUT2D eigenvalue weighted by molar-refractivity contribution is -0.389. The molecule has 0 aliphatic rings. The Labute approximate surface area is 96.5 Å². The van der Waals surface area contributed by atoms with E-state index >= 15 is 0 Å². The fourth-order valence-electron chi connectivity index (χ4n) is 0.924. The van der Waals surface area contributed by atoms with E-state index in [0.717, 1.165) is 6.07 Å². The van der Waals surface area contributed by atoms with E-state index in [1.807, 2.05) is 0 Å². The van der Waals surface area contributed by atoms with Gasteiger partial charge in [-0.1, -0.05) is 0 Å². The summed E-state index contributed by atoms with van der Waals surface area (Å²) in [7, 11) is 0. The van der Waals surface area contributed by atoms with Crippen LogP contribution < -0.4 is 0 Å². The molecule has 0 aromatic carbocycles. The first kappa shape index (κ1) is 12.3. The highest BCUT2D eigenvalue weighted by atomic mass is 79.9. The Balaban J connectivity index is 3.38. The molecule has 0 saturated carbocycles. The fraction of sp³-hybridized carbons (Fsp3) is 0.286. The highest BCUT2D eigenvalue weighted by molar-refractivity contribution is 9.10. The van der Waals surface area contributed by atoms with Gasteiger partial charge < -0.3 is 10.1 Å². The normalized spacial score (nSPS) is 10.7. The van der Waals surface area contributed by atoms with Gasteiger partial charge in [0.05, 0.1) is 4.47 Å². The van der Waals surface area contributed by atoms with E-state index in [1.54, 1.807) is 0 Å². The van der Waals surface area contributed by atoms with E-state index in [9.17, 15) is 18.9 Å². The van der Waals surface area contributed by atoms with Crippen molar-refractivity contribution in [1.29, 1.82) is 0 Å². The topological polar surface area (TPSA) is 56.0 Å². The van der Waals surface area contributed by atoms with Crippen molar-refractivity contribution < 1.29 is 13.7 Å². The molecule has 0 aliphatic heterocycles. The lowest BCUT2D eigenvalue weighted by atomic mass is 10.2. The van der Waals surface area contributed by atoms with Crippen molar-refractivity contribution >= 4 is 33.3 Å². The summed E-state index contributed by atoms with van der Waals surface area (Å²) >= 11 is 8.34. The van der Waals surface area contributed by atoms with Crippen LogP contribution in [0.2, 0.25) is 0 Å². The SMILES string of the molecule is O=[N+]([O-])c1cc(CCl)c(Br)c(C(F)F)n1. The second kappa shape index (κ2) is 4.80. The van der Waals surface area contributed by atoms with Crippen molar-refractivity contribution in [3.8, 4) is 0 Å². The van der Waals surface area contributed by atoms with E-state index in [4.69, 9.17) is 11.6 Å². The van der Waals surface area contributed by atoms with Crippen molar-refractivity contribution in [2.45, 2.75) is 12.3 Å². The Morgan fingerprint density at radius 2 is 2.27 bits per heavy atom. The first-order valence-corrected chi connectivity index (χ1v) is 4.98. The molecule has 0 amide bonds. The zero-order valence-corrected chi connectivity index (χ0v) is 9.43. The Hall–Kier alpha value is -0.820. The summed E-state index contributed by atoms with van der Waals surface area (Å²) in [4.78, 5) is 12.8. The highest BCUT2D eigenvalue weighted by Crippen LogP contribution is 2.31. The van der Waals surface area contributed by atoms with Gasteiger partial charge in [0.2, 0.25) is 5.69 Å². The molecule has 0 bridgehead atoms. The van der Waals surface area contributed by atoms with Gasteiger partial charge in [-0.3, -0.25) is 0 Å². The molecular formula is C7H4BrClF2N2O2. The van der Waals surface area contributed by atoms with Gasteiger partial charge in [0.25, 0.3) is 0 Å². The smallest absolute Gasteiger partial charge is 0.358 e. The molecule has 8 heteroatoms. The molecular weight excluding hydrogens is 297 g/mol. The van der Waals surface area contributed by atoms with E-state index in [-0.39, 0.29) is 15.9 Å². The maximum Gasteiger partial charge on any atom is 0.364 e. The molecule has 0 unspecified atom stereocenters. The van der Waals surface area contributed by atoms with Crippen molar-refractivity contribution in [2.24, 2.45) is 0 Å². The minimum atomic E-state index is -2.89. The van der Waals surface area contributed by atoms with Crippen LogP contribution in [0.3, 0.4) is 0 Å². The van der Waals surface area contributed by atoms with Crippen molar-refractivity contribution in [3.05, 3.63) is 31.9 Å². The quantitative estimate of drug-likeness (QED) is 0.488. The summed E-state index contributed by atoms with van der Waals surface area (Å²) < 4.78 is 24.9. The third-order valence-corrected chi connectivity index (χ3v) is 2.79. The second-order valence-electron chi connectivity index (χ2n) is 2.53. The van der Waals surface area contributed by atoms with Gasteiger partial charge >= 0.3 is 12.2 Å². The minimum absolute atomic E-state index is 0.0121.